The molecule has 19 heavy (non-hydrogen) atoms. The third kappa shape index (κ3) is 2.54. The van der Waals surface area contributed by atoms with Gasteiger partial charge in [-0.15, -0.1) is 0 Å². The maximum atomic E-state index is 11.2. The van der Waals surface area contributed by atoms with E-state index in [1.54, 1.807) is 23.5 Å². The Bertz CT molecular complexity index is 730. The van der Waals surface area contributed by atoms with Crippen LogP contribution < -0.4 is 16.2 Å². The van der Waals surface area contributed by atoms with E-state index in [0.717, 1.165) is 16.6 Å². The molecule has 0 aliphatic carbocycles. The molecule has 6 heteroatoms. The first kappa shape index (κ1) is 12.0. The fraction of sp³-hybridized carbons (Fsp3) is 0.154. The number of H-pyrrole nitrogens is 2. The molecule has 2 aromatic heterocycles. The van der Waals surface area contributed by atoms with Crippen molar-refractivity contribution in [3.8, 4) is 5.75 Å². The van der Waals surface area contributed by atoms with Gasteiger partial charge in [-0.05, 0) is 34.5 Å². The van der Waals surface area contributed by atoms with Gasteiger partial charge in [-0.1, -0.05) is 0 Å². The normalized spacial score (nSPS) is 12.7. The molecule has 1 aromatic carbocycles. The van der Waals surface area contributed by atoms with E-state index in [1.807, 2.05) is 22.9 Å². The van der Waals surface area contributed by atoms with Gasteiger partial charge in [0.1, 0.15) is 12.4 Å². The predicted octanol–water partition coefficient (Wildman–Crippen LogP) is 2.00. The van der Waals surface area contributed by atoms with Crippen LogP contribution >= 0.6 is 11.3 Å². The molecular formula is C13H13N3O2S. The summed E-state index contributed by atoms with van der Waals surface area (Å²) in [5.74, 6) is 0.688. The number of thiophene rings is 1. The summed E-state index contributed by atoms with van der Waals surface area (Å²) in [6.45, 7) is 0.400. The van der Waals surface area contributed by atoms with Crippen molar-refractivity contribution in [1.29, 1.82) is 0 Å². The maximum Gasteiger partial charge on any atom is 0.323 e. The molecule has 0 spiro atoms. The molecule has 4 N–H and O–H groups in total. The Morgan fingerprint density at radius 1 is 1.26 bits per heavy atom. The Kier molecular flexibility index (Phi) is 3.10. The molecule has 1 atom stereocenters. The van der Waals surface area contributed by atoms with Gasteiger partial charge in [0.25, 0.3) is 0 Å². The third-order valence-electron chi connectivity index (χ3n) is 2.89. The minimum absolute atomic E-state index is 0.146. The van der Waals surface area contributed by atoms with Crippen LogP contribution in [0, 0.1) is 0 Å². The minimum Gasteiger partial charge on any atom is -0.492 e. The van der Waals surface area contributed by atoms with Crippen LogP contribution in [0.1, 0.15) is 11.6 Å². The summed E-state index contributed by atoms with van der Waals surface area (Å²) in [5.41, 5.74) is 8.36. The summed E-state index contributed by atoms with van der Waals surface area (Å²) in [7, 11) is 0. The summed E-state index contributed by atoms with van der Waals surface area (Å²) in [6, 6.07) is 7.25. The van der Waals surface area contributed by atoms with Crippen LogP contribution in [0.25, 0.3) is 11.0 Å². The van der Waals surface area contributed by atoms with Crippen LogP contribution in [0.5, 0.6) is 5.75 Å². The smallest absolute Gasteiger partial charge is 0.323 e. The molecule has 5 nitrogen and oxygen atoms in total. The highest BCUT2D eigenvalue weighted by Crippen LogP contribution is 2.19. The van der Waals surface area contributed by atoms with Crippen molar-refractivity contribution in [1.82, 2.24) is 9.97 Å². The van der Waals surface area contributed by atoms with Crippen molar-refractivity contribution in [2.45, 2.75) is 6.04 Å². The monoisotopic (exact) mass is 275 g/mol. The number of rotatable bonds is 4. The van der Waals surface area contributed by atoms with Gasteiger partial charge in [-0.25, -0.2) is 4.79 Å². The van der Waals surface area contributed by atoms with Crippen LogP contribution in [0.3, 0.4) is 0 Å². The van der Waals surface area contributed by atoms with Gasteiger partial charge in [0.05, 0.1) is 17.1 Å². The molecular weight excluding hydrogens is 262 g/mol. The molecule has 2 heterocycles. The number of hydrogen-bond donors (Lipinski definition) is 3. The second kappa shape index (κ2) is 4.91. The first-order chi connectivity index (χ1) is 9.22. The zero-order valence-corrected chi connectivity index (χ0v) is 10.9. The van der Waals surface area contributed by atoms with Crippen LogP contribution in [0.15, 0.2) is 39.8 Å². The summed E-state index contributed by atoms with van der Waals surface area (Å²) in [5, 5.41) is 4.01. The van der Waals surface area contributed by atoms with Crippen molar-refractivity contribution in [3.05, 3.63) is 51.1 Å². The summed E-state index contributed by atoms with van der Waals surface area (Å²) >= 11 is 1.61. The molecule has 0 aliphatic heterocycles. The molecule has 98 valence electrons. The van der Waals surface area contributed by atoms with E-state index in [9.17, 15) is 4.79 Å². The van der Waals surface area contributed by atoms with E-state index in [2.05, 4.69) is 9.97 Å². The zero-order valence-electron chi connectivity index (χ0n) is 10.1. The highest BCUT2D eigenvalue weighted by atomic mass is 32.1. The first-order valence-corrected chi connectivity index (χ1v) is 6.79. The Morgan fingerprint density at radius 3 is 2.89 bits per heavy atom. The van der Waals surface area contributed by atoms with Crippen molar-refractivity contribution in [2.24, 2.45) is 5.73 Å². The number of nitrogens with one attached hydrogen (secondary N) is 2. The lowest BCUT2D eigenvalue weighted by atomic mass is 10.2. The SMILES string of the molecule is N[C@@H](COc1ccc2[nH]c(=O)[nH]c2c1)c1ccsc1. The van der Waals surface area contributed by atoms with Gasteiger partial charge in [-0.3, -0.25) is 0 Å². The Morgan fingerprint density at radius 2 is 2.11 bits per heavy atom. The highest BCUT2D eigenvalue weighted by molar-refractivity contribution is 7.07. The summed E-state index contributed by atoms with van der Waals surface area (Å²) < 4.78 is 5.65. The number of benzene rings is 1. The van der Waals surface area contributed by atoms with E-state index < -0.39 is 0 Å². The summed E-state index contributed by atoms with van der Waals surface area (Å²) in [4.78, 5) is 16.5. The molecule has 0 unspecified atom stereocenters. The first-order valence-electron chi connectivity index (χ1n) is 5.85. The molecule has 0 amide bonds. The lowest BCUT2D eigenvalue weighted by Crippen LogP contribution is -2.18. The van der Waals surface area contributed by atoms with Gasteiger partial charge in [0, 0.05) is 6.07 Å². The van der Waals surface area contributed by atoms with E-state index in [4.69, 9.17) is 10.5 Å². The van der Waals surface area contributed by atoms with Crippen molar-refractivity contribution < 1.29 is 4.74 Å². The predicted molar refractivity (Wildman–Crippen MR) is 75.7 cm³/mol. The molecule has 0 bridgehead atoms. The van der Waals surface area contributed by atoms with E-state index in [0.29, 0.717) is 12.4 Å². The third-order valence-corrected chi connectivity index (χ3v) is 3.59. The fourth-order valence-corrected chi connectivity index (χ4v) is 2.59. The molecule has 0 aliphatic rings. The van der Waals surface area contributed by atoms with Gasteiger partial charge in [-0.2, -0.15) is 11.3 Å². The molecule has 0 saturated carbocycles. The number of imidazole rings is 1. The van der Waals surface area contributed by atoms with Gasteiger partial charge in [0.15, 0.2) is 0 Å². The second-order valence-electron chi connectivity index (χ2n) is 4.26. The molecule has 0 radical (unpaired) electrons. The number of fused-ring (bicyclic) bond motifs is 1. The van der Waals surface area contributed by atoms with Crippen molar-refractivity contribution >= 4 is 22.4 Å². The van der Waals surface area contributed by atoms with Crippen LogP contribution in [-0.2, 0) is 0 Å². The zero-order chi connectivity index (χ0) is 13.2. The van der Waals surface area contributed by atoms with E-state index >= 15 is 0 Å². The maximum absolute atomic E-state index is 11.2. The quantitative estimate of drug-likeness (QED) is 0.681. The Labute approximate surface area is 113 Å². The second-order valence-corrected chi connectivity index (χ2v) is 5.04. The number of ether oxygens (including phenoxy) is 1. The molecule has 3 aromatic rings. The number of aromatic amines is 2. The van der Waals surface area contributed by atoms with E-state index in [-0.39, 0.29) is 11.7 Å². The fourth-order valence-electron chi connectivity index (χ4n) is 1.87. The van der Waals surface area contributed by atoms with Gasteiger partial charge in [0.2, 0.25) is 0 Å². The Hall–Kier alpha value is -2.05. The molecule has 0 saturated heterocycles. The van der Waals surface area contributed by atoms with Gasteiger partial charge < -0.3 is 20.4 Å². The topological polar surface area (TPSA) is 83.9 Å². The van der Waals surface area contributed by atoms with Crippen molar-refractivity contribution in [2.75, 3.05) is 6.61 Å². The lowest BCUT2D eigenvalue weighted by molar-refractivity contribution is 0.291. The number of hydrogen-bond acceptors (Lipinski definition) is 4. The highest BCUT2D eigenvalue weighted by Gasteiger charge is 2.08. The standard InChI is InChI=1S/C13H13N3O2S/c14-10(8-3-4-19-7-8)6-18-9-1-2-11-12(5-9)16-13(17)15-11/h1-5,7,10H,6,14H2,(H2,15,16,17)/t10-/m0/s1. The van der Waals surface area contributed by atoms with E-state index in [1.165, 1.54) is 0 Å². The van der Waals surface area contributed by atoms with Crippen molar-refractivity contribution in [3.63, 3.8) is 0 Å². The largest absolute Gasteiger partial charge is 0.492 e. The van der Waals surface area contributed by atoms with Gasteiger partial charge >= 0.3 is 5.69 Å². The number of aromatic nitrogens is 2. The molecule has 3 rings (SSSR count). The van der Waals surface area contributed by atoms with Crippen LogP contribution in [0.4, 0.5) is 0 Å². The molecule has 0 fully saturated rings. The van der Waals surface area contributed by atoms with Crippen LogP contribution in [0.2, 0.25) is 0 Å². The lowest BCUT2D eigenvalue weighted by Gasteiger charge is -2.11. The number of nitrogens with two attached hydrogens (primary N) is 1. The average molecular weight is 275 g/mol. The van der Waals surface area contributed by atoms with Crippen LogP contribution in [-0.4, -0.2) is 16.6 Å². The Balaban J connectivity index is 1.73. The minimum atomic E-state index is -0.220. The average Bonchev–Trinajstić information content (AvgIpc) is 3.03. The summed E-state index contributed by atoms with van der Waals surface area (Å²) in [6.07, 6.45) is 0.